The number of rotatable bonds is 5. The number of hydrogen-bond donors (Lipinski definition) is 2. The second-order valence-corrected chi connectivity index (χ2v) is 7.25. The molecule has 0 fully saturated rings. The highest BCUT2D eigenvalue weighted by Gasteiger charge is 2.29. The number of carboxylic acids is 1. The molecule has 112 valence electrons. The van der Waals surface area contributed by atoms with Gasteiger partial charge < -0.3 is 5.11 Å². The fraction of sp³-hybridized carbons (Fsp3) is 0.417. The summed E-state index contributed by atoms with van der Waals surface area (Å²) >= 11 is 2.91. The lowest BCUT2D eigenvalue weighted by Crippen LogP contribution is -2.44. The summed E-state index contributed by atoms with van der Waals surface area (Å²) < 4.78 is 39.9. The van der Waals surface area contributed by atoms with E-state index >= 15 is 0 Å². The average molecular weight is 368 g/mol. The van der Waals surface area contributed by atoms with E-state index in [1.807, 2.05) is 0 Å². The van der Waals surface area contributed by atoms with E-state index in [2.05, 4.69) is 20.7 Å². The predicted molar refractivity (Wildman–Crippen MR) is 75.4 cm³/mol. The minimum Gasteiger partial charge on any atom is -0.480 e. The zero-order chi connectivity index (χ0) is 15.7. The zero-order valence-electron chi connectivity index (χ0n) is 11.1. The molecular weight excluding hydrogens is 353 g/mol. The Morgan fingerprint density at radius 2 is 1.95 bits per heavy atom. The number of nitrogens with one attached hydrogen (secondary N) is 1. The van der Waals surface area contributed by atoms with Gasteiger partial charge in [0.05, 0.1) is 9.37 Å². The second kappa shape index (κ2) is 6.19. The first-order chi connectivity index (χ1) is 9.06. The molecule has 5 nitrogen and oxygen atoms in total. The van der Waals surface area contributed by atoms with E-state index in [1.165, 1.54) is 6.92 Å². The van der Waals surface area contributed by atoms with Crippen LogP contribution in [0, 0.1) is 18.7 Å². The van der Waals surface area contributed by atoms with E-state index in [0.717, 1.165) is 12.1 Å². The number of aryl methyl sites for hydroxylation is 1. The fourth-order valence-electron chi connectivity index (χ4n) is 1.62. The smallest absolute Gasteiger partial charge is 0.322 e. The Morgan fingerprint density at radius 3 is 2.40 bits per heavy atom. The molecule has 0 aromatic heterocycles. The SMILES string of the molecule is Cc1cc(F)c(Br)cc1S(=O)(=O)NC(C(=O)O)C(C)C. The second-order valence-electron chi connectivity index (χ2n) is 4.71. The number of benzene rings is 1. The Balaban J connectivity index is 3.24. The standard InChI is InChI=1S/C12H15BrFNO4S/c1-6(2)11(12(16)17)15-20(18,19)10-5-8(13)9(14)4-7(10)3/h4-6,11,15H,1-3H3,(H,16,17). The number of sulfonamides is 1. The number of carbonyl (C=O) groups is 1. The molecule has 1 aromatic carbocycles. The molecule has 0 amide bonds. The number of halogens is 2. The molecule has 1 rings (SSSR count). The van der Waals surface area contributed by atoms with Crippen LogP contribution in [0.2, 0.25) is 0 Å². The topological polar surface area (TPSA) is 83.5 Å². The average Bonchev–Trinajstić information content (AvgIpc) is 2.30. The Hall–Kier alpha value is -0.990. The predicted octanol–water partition coefficient (Wildman–Crippen LogP) is 2.28. The highest BCUT2D eigenvalue weighted by molar-refractivity contribution is 9.10. The Labute approximate surface area is 125 Å². The summed E-state index contributed by atoms with van der Waals surface area (Å²) in [5.74, 6) is -2.27. The molecule has 1 aromatic rings. The van der Waals surface area contributed by atoms with Crippen molar-refractivity contribution in [3.63, 3.8) is 0 Å². The molecule has 0 aliphatic rings. The molecular formula is C12H15BrFNO4S. The molecule has 0 radical (unpaired) electrons. The molecule has 0 aliphatic heterocycles. The maximum atomic E-state index is 13.3. The monoisotopic (exact) mass is 367 g/mol. The van der Waals surface area contributed by atoms with Crippen molar-refractivity contribution in [2.45, 2.75) is 31.7 Å². The van der Waals surface area contributed by atoms with Crippen LogP contribution in [-0.4, -0.2) is 25.5 Å². The van der Waals surface area contributed by atoms with Crippen LogP contribution in [0.5, 0.6) is 0 Å². The highest BCUT2D eigenvalue weighted by atomic mass is 79.9. The molecule has 0 saturated heterocycles. The third kappa shape index (κ3) is 3.77. The lowest BCUT2D eigenvalue weighted by atomic mass is 10.1. The van der Waals surface area contributed by atoms with Crippen molar-refractivity contribution in [3.05, 3.63) is 28.0 Å². The summed E-state index contributed by atoms with van der Waals surface area (Å²) in [4.78, 5) is 10.9. The first kappa shape index (κ1) is 17.1. The van der Waals surface area contributed by atoms with Gasteiger partial charge in [-0.15, -0.1) is 0 Å². The molecule has 1 unspecified atom stereocenters. The van der Waals surface area contributed by atoms with Crippen molar-refractivity contribution < 1.29 is 22.7 Å². The van der Waals surface area contributed by atoms with Gasteiger partial charge >= 0.3 is 5.97 Å². The largest absolute Gasteiger partial charge is 0.480 e. The van der Waals surface area contributed by atoms with Gasteiger partial charge in [-0.1, -0.05) is 13.8 Å². The first-order valence-corrected chi connectivity index (χ1v) is 8.04. The summed E-state index contributed by atoms with van der Waals surface area (Å²) in [7, 11) is -4.05. The highest BCUT2D eigenvalue weighted by Crippen LogP contribution is 2.24. The van der Waals surface area contributed by atoms with Crippen LogP contribution < -0.4 is 4.72 Å². The van der Waals surface area contributed by atoms with Gasteiger partial charge in [0.1, 0.15) is 11.9 Å². The van der Waals surface area contributed by atoms with Crippen LogP contribution in [-0.2, 0) is 14.8 Å². The maximum Gasteiger partial charge on any atom is 0.322 e. The summed E-state index contributed by atoms with van der Waals surface area (Å²) in [6.45, 7) is 4.62. The molecule has 0 heterocycles. The molecule has 0 bridgehead atoms. The number of aliphatic carboxylic acids is 1. The van der Waals surface area contributed by atoms with Crippen LogP contribution in [0.1, 0.15) is 19.4 Å². The number of hydrogen-bond acceptors (Lipinski definition) is 3. The van der Waals surface area contributed by atoms with Crippen molar-refractivity contribution in [1.29, 1.82) is 0 Å². The summed E-state index contributed by atoms with van der Waals surface area (Å²) in [5, 5.41) is 9.03. The van der Waals surface area contributed by atoms with Crippen LogP contribution in [0.3, 0.4) is 0 Å². The van der Waals surface area contributed by atoms with Crippen molar-refractivity contribution in [2.75, 3.05) is 0 Å². The van der Waals surface area contributed by atoms with Crippen LogP contribution in [0.25, 0.3) is 0 Å². The third-order valence-electron chi connectivity index (χ3n) is 2.72. The van der Waals surface area contributed by atoms with E-state index in [1.54, 1.807) is 13.8 Å². The molecule has 0 saturated carbocycles. The first-order valence-electron chi connectivity index (χ1n) is 5.77. The van der Waals surface area contributed by atoms with Gasteiger partial charge in [0.2, 0.25) is 10.0 Å². The van der Waals surface area contributed by atoms with Gasteiger partial charge in [0, 0.05) is 0 Å². The Kier molecular flexibility index (Phi) is 5.28. The molecule has 20 heavy (non-hydrogen) atoms. The lowest BCUT2D eigenvalue weighted by molar-refractivity contribution is -0.140. The molecule has 2 N–H and O–H groups in total. The minimum absolute atomic E-state index is 0.0000954. The van der Waals surface area contributed by atoms with Crippen LogP contribution in [0.15, 0.2) is 21.5 Å². The van der Waals surface area contributed by atoms with Crippen LogP contribution in [0.4, 0.5) is 4.39 Å². The van der Waals surface area contributed by atoms with E-state index in [-0.39, 0.29) is 14.9 Å². The van der Waals surface area contributed by atoms with E-state index in [4.69, 9.17) is 5.11 Å². The lowest BCUT2D eigenvalue weighted by Gasteiger charge is -2.19. The molecule has 0 spiro atoms. The zero-order valence-corrected chi connectivity index (χ0v) is 13.5. The van der Waals surface area contributed by atoms with E-state index in [9.17, 15) is 17.6 Å². The quantitative estimate of drug-likeness (QED) is 0.835. The molecule has 1 atom stereocenters. The van der Waals surface area contributed by atoms with Crippen molar-refractivity contribution in [2.24, 2.45) is 5.92 Å². The third-order valence-corrected chi connectivity index (χ3v) is 4.91. The Morgan fingerprint density at radius 1 is 1.40 bits per heavy atom. The van der Waals surface area contributed by atoms with Gasteiger partial charge in [-0.05, 0) is 46.5 Å². The van der Waals surface area contributed by atoms with Crippen molar-refractivity contribution in [1.82, 2.24) is 4.72 Å². The molecule has 0 aliphatic carbocycles. The minimum atomic E-state index is -4.05. The van der Waals surface area contributed by atoms with Gasteiger partial charge in [0.25, 0.3) is 0 Å². The van der Waals surface area contributed by atoms with Gasteiger partial charge in [-0.25, -0.2) is 12.8 Å². The van der Waals surface area contributed by atoms with Gasteiger partial charge in [-0.3, -0.25) is 4.79 Å². The van der Waals surface area contributed by atoms with Gasteiger partial charge in [-0.2, -0.15) is 4.72 Å². The molecule has 8 heteroatoms. The van der Waals surface area contributed by atoms with Crippen molar-refractivity contribution in [3.8, 4) is 0 Å². The number of carboxylic acid groups (broad SMARTS) is 1. The summed E-state index contributed by atoms with van der Waals surface area (Å²) in [6.07, 6.45) is 0. The summed E-state index contributed by atoms with van der Waals surface area (Å²) in [5.41, 5.74) is 0.200. The fourth-order valence-corrected chi connectivity index (χ4v) is 3.70. The van der Waals surface area contributed by atoms with Crippen LogP contribution >= 0.6 is 15.9 Å². The van der Waals surface area contributed by atoms with E-state index < -0.39 is 33.8 Å². The van der Waals surface area contributed by atoms with E-state index in [0.29, 0.717) is 0 Å². The van der Waals surface area contributed by atoms with Crippen molar-refractivity contribution >= 4 is 31.9 Å². The van der Waals surface area contributed by atoms with Gasteiger partial charge in [0.15, 0.2) is 0 Å². The Bertz CT molecular complexity index is 631. The summed E-state index contributed by atoms with van der Waals surface area (Å²) in [6, 6.07) is 0.943. The normalized spacial score (nSPS) is 13.5. The maximum absolute atomic E-state index is 13.3.